The molecule has 1 aromatic rings. The van der Waals surface area contributed by atoms with E-state index in [-0.39, 0.29) is 42.7 Å². The topological polar surface area (TPSA) is 69.6 Å². The predicted molar refractivity (Wildman–Crippen MR) is 93.2 cm³/mol. The highest BCUT2D eigenvalue weighted by molar-refractivity contribution is 5.89. The molecule has 5 nitrogen and oxygen atoms in total. The molecule has 1 aliphatic rings. The summed E-state index contributed by atoms with van der Waals surface area (Å²) in [6.07, 6.45) is 0.804. The first-order chi connectivity index (χ1) is 11.4. The number of nitrogens with one attached hydrogen (secondary N) is 1. The maximum Gasteiger partial charge on any atom is 0.225 e. The van der Waals surface area contributed by atoms with E-state index in [0.29, 0.717) is 19.5 Å². The molecule has 1 saturated heterocycles. The Kier molecular flexibility index (Phi) is 6.37. The van der Waals surface area contributed by atoms with E-state index in [1.807, 2.05) is 45.0 Å². The van der Waals surface area contributed by atoms with E-state index in [1.165, 1.54) is 5.56 Å². The van der Waals surface area contributed by atoms with Crippen LogP contribution in [0.25, 0.3) is 0 Å². The van der Waals surface area contributed by atoms with Crippen molar-refractivity contribution in [1.82, 2.24) is 10.2 Å². The number of rotatable bonds is 7. The Hall–Kier alpha value is -1.88. The number of amides is 2. The first-order valence-corrected chi connectivity index (χ1v) is 8.65. The summed E-state index contributed by atoms with van der Waals surface area (Å²) in [7, 11) is 0. The lowest BCUT2D eigenvalue weighted by Gasteiger charge is -2.23. The zero-order valence-electron chi connectivity index (χ0n) is 14.8. The van der Waals surface area contributed by atoms with Crippen molar-refractivity contribution < 1.29 is 14.7 Å². The van der Waals surface area contributed by atoms with Crippen LogP contribution in [0.1, 0.15) is 37.8 Å². The van der Waals surface area contributed by atoms with Gasteiger partial charge < -0.3 is 15.3 Å². The minimum atomic E-state index is -0.303. The molecule has 0 aliphatic carbocycles. The molecular weight excluding hydrogens is 304 g/mol. The summed E-state index contributed by atoms with van der Waals surface area (Å²) in [6.45, 7) is 7.12. The molecule has 2 unspecified atom stereocenters. The Labute approximate surface area is 144 Å². The minimum absolute atomic E-state index is 0.0268. The van der Waals surface area contributed by atoms with E-state index in [2.05, 4.69) is 5.32 Å². The molecule has 1 fully saturated rings. The number of aliphatic hydroxyl groups excluding tert-OH is 1. The van der Waals surface area contributed by atoms with Crippen LogP contribution in [-0.2, 0) is 16.1 Å². The van der Waals surface area contributed by atoms with Crippen molar-refractivity contribution in [2.45, 2.75) is 46.2 Å². The lowest BCUT2D eigenvalue weighted by molar-refractivity contribution is -0.129. The van der Waals surface area contributed by atoms with Gasteiger partial charge in [-0.05, 0) is 24.8 Å². The van der Waals surface area contributed by atoms with Crippen molar-refractivity contribution >= 4 is 11.8 Å². The highest BCUT2D eigenvalue weighted by Gasteiger charge is 2.35. The molecule has 2 rings (SSSR count). The van der Waals surface area contributed by atoms with Crippen LogP contribution in [0.3, 0.4) is 0 Å². The van der Waals surface area contributed by atoms with Crippen LogP contribution in [-0.4, -0.2) is 41.0 Å². The van der Waals surface area contributed by atoms with Gasteiger partial charge in [0.15, 0.2) is 0 Å². The molecule has 1 aromatic carbocycles. The van der Waals surface area contributed by atoms with Gasteiger partial charge in [0, 0.05) is 32.2 Å². The Morgan fingerprint density at radius 1 is 1.33 bits per heavy atom. The Morgan fingerprint density at radius 3 is 2.58 bits per heavy atom. The molecule has 0 aromatic heterocycles. The number of carbonyl (C=O) groups excluding carboxylic acids is 2. The van der Waals surface area contributed by atoms with Gasteiger partial charge in [0.1, 0.15) is 0 Å². The lowest BCUT2D eigenvalue weighted by atomic mass is 9.99. The van der Waals surface area contributed by atoms with Crippen LogP contribution in [0.2, 0.25) is 0 Å². The molecule has 0 bridgehead atoms. The number of hydrogen-bond donors (Lipinski definition) is 2. The maximum absolute atomic E-state index is 12.5. The number of likely N-dealkylation sites (tertiary alicyclic amines) is 1. The second kappa shape index (κ2) is 8.29. The van der Waals surface area contributed by atoms with E-state index in [4.69, 9.17) is 5.11 Å². The molecule has 132 valence electrons. The number of aryl methyl sites for hydroxylation is 1. The first kappa shape index (κ1) is 18.5. The fraction of sp³-hybridized carbons (Fsp3) is 0.579. The molecule has 2 N–H and O–H groups in total. The summed E-state index contributed by atoms with van der Waals surface area (Å²) in [6, 6.07) is 8.05. The smallest absolute Gasteiger partial charge is 0.225 e. The van der Waals surface area contributed by atoms with E-state index in [1.54, 1.807) is 4.90 Å². The SMILES string of the molecule is Cc1ccc(CN2CC(C(=O)NC(CCO)C(C)C)CC2=O)cc1. The monoisotopic (exact) mass is 332 g/mol. The van der Waals surface area contributed by atoms with Crippen molar-refractivity contribution in [2.75, 3.05) is 13.2 Å². The average Bonchev–Trinajstić information content (AvgIpc) is 2.90. The van der Waals surface area contributed by atoms with Gasteiger partial charge in [-0.2, -0.15) is 0 Å². The number of benzene rings is 1. The first-order valence-electron chi connectivity index (χ1n) is 8.65. The summed E-state index contributed by atoms with van der Waals surface area (Å²) in [5.41, 5.74) is 2.27. The van der Waals surface area contributed by atoms with Gasteiger partial charge in [-0.15, -0.1) is 0 Å². The number of carbonyl (C=O) groups is 2. The van der Waals surface area contributed by atoms with Crippen molar-refractivity contribution in [3.63, 3.8) is 0 Å². The van der Waals surface area contributed by atoms with E-state index < -0.39 is 0 Å². The van der Waals surface area contributed by atoms with Gasteiger partial charge >= 0.3 is 0 Å². The van der Waals surface area contributed by atoms with Crippen LogP contribution in [0.15, 0.2) is 24.3 Å². The van der Waals surface area contributed by atoms with E-state index in [9.17, 15) is 9.59 Å². The molecule has 0 spiro atoms. The van der Waals surface area contributed by atoms with Crippen LogP contribution in [0.5, 0.6) is 0 Å². The minimum Gasteiger partial charge on any atom is -0.396 e. The third kappa shape index (κ3) is 4.81. The summed E-state index contributed by atoms with van der Waals surface area (Å²) in [5, 5.41) is 12.1. The van der Waals surface area contributed by atoms with Gasteiger partial charge in [-0.3, -0.25) is 9.59 Å². The number of hydrogen-bond acceptors (Lipinski definition) is 3. The van der Waals surface area contributed by atoms with Gasteiger partial charge in [0.05, 0.1) is 5.92 Å². The quantitative estimate of drug-likeness (QED) is 0.801. The van der Waals surface area contributed by atoms with Crippen molar-refractivity contribution in [3.05, 3.63) is 35.4 Å². The fourth-order valence-corrected chi connectivity index (χ4v) is 3.03. The lowest BCUT2D eigenvalue weighted by Crippen LogP contribution is -2.43. The van der Waals surface area contributed by atoms with Crippen molar-refractivity contribution in [3.8, 4) is 0 Å². The van der Waals surface area contributed by atoms with Crippen molar-refractivity contribution in [2.24, 2.45) is 11.8 Å². The van der Waals surface area contributed by atoms with Crippen LogP contribution in [0.4, 0.5) is 0 Å². The zero-order valence-corrected chi connectivity index (χ0v) is 14.8. The highest BCUT2D eigenvalue weighted by Crippen LogP contribution is 2.21. The second-order valence-electron chi connectivity index (χ2n) is 7.03. The maximum atomic E-state index is 12.5. The molecule has 0 saturated carbocycles. The van der Waals surface area contributed by atoms with Gasteiger partial charge in [0.2, 0.25) is 11.8 Å². The average molecular weight is 332 g/mol. The zero-order chi connectivity index (χ0) is 17.7. The Bertz CT molecular complexity index is 568. The molecule has 0 radical (unpaired) electrons. The van der Waals surface area contributed by atoms with Gasteiger partial charge in [0.25, 0.3) is 0 Å². The second-order valence-corrected chi connectivity index (χ2v) is 7.03. The van der Waals surface area contributed by atoms with E-state index >= 15 is 0 Å². The summed E-state index contributed by atoms with van der Waals surface area (Å²) in [5.74, 6) is -0.106. The molecule has 1 aliphatic heterocycles. The van der Waals surface area contributed by atoms with Gasteiger partial charge in [-0.25, -0.2) is 0 Å². The normalized spacial score (nSPS) is 19.0. The standard InChI is InChI=1S/C19H28N2O3/c1-13(2)17(8-9-22)20-19(24)16-10-18(23)21(12-16)11-15-6-4-14(3)5-7-15/h4-7,13,16-17,22H,8-12H2,1-3H3,(H,20,24). The predicted octanol–water partition coefficient (Wildman–Crippen LogP) is 1.87. The molecule has 2 amide bonds. The number of aliphatic hydroxyl groups is 1. The van der Waals surface area contributed by atoms with Crippen molar-refractivity contribution in [1.29, 1.82) is 0 Å². The van der Waals surface area contributed by atoms with Gasteiger partial charge in [-0.1, -0.05) is 43.7 Å². The fourth-order valence-electron chi connectivity index (χ4n) is 3.03. The largest absolute Gasteiger partial charge is 0.396 e. The molecule has 24 heavy (non-hydrogen) atoms. The summed E-state index contributed by atoms with van der Waals surface area (Å²) < 4.78 is 0. The Morgan fingerprint density at radius 2 is 2.00 bits per heavy atom. The van der Waals surface area contributed by atoms with E-state index in [0.717, 1.165) is 5.56 Å². The Balaban J connectivity index is 1.93. The van der Waals surface area contributed by atoms with Crippen LogP contribution >= 0.6 is 0 Å². The molecule has 5 heteroatoms. The number of nitrogens with zero attached hydrogens (tertiary/aromatic N) is 1. The van der Waals surface area contributed by atoms with Crippen LogP contribution in [0, 0.1) is 18.8 Å². The third-order valence-corrected chi connectivity index (χ3v) is 4.65. The van der Waals surface area contributed by atoms with Crippen LogP contribution < -0.4 is 5.32 Å². The molecule has 2 atom stereocenters. The summed E-state index contributed by atoms with van der Waals surface area (Å²) >= 11 is 0. The summed E-state index contributed by atoms with van der Waals surface area (Å²) in [4.78, 5) is 26.4. The third-order valence-electron chi connectivity index (χ3n) is 4.65. The molecular formula is C19H28N2O3. The molecule has 1 heterocycles. The highest BCUT2D eigenvalue weighted by atomic mass is 16.3.